The van der Waals surface area contributed by atoms with E-state index in [4.69, 9.17) is 4.74 Å². The zero-order chi connectivity index (χ0) is 19.2. The highest BCUT2D eigenvalue weighted by atomic mass is 16.5. The highest BCUT2D eigenvalue weighted by Crippen LogP contribution is 2.23. The van der Waals surface area contributed by atoms with Gasteiger partial charge in [0.1, 0.15) is 11.5 Å². The first kappa shape index (κ1) is 17.8. The SMILES string of the molecule is O=C(CCc1cccc2ccccc12)Nc1ccc(Oc2ccccc2)cc1. The van der Waals surface area contributed by atoms with Gasteiger partial charge in [-0.15, -0.1) is 0 Å². The number of hydrogen-bond acceptors (Lipinski definition) is 2. The zero-order valence-corrected chi connectivity index (χ0v) is 15.5. The maximum atomic E-state index is 12.4. The van der Waals surface area contributed by atoms with Crippen molar-refractivity contribution in [2.24, 2.45) is 0 Å². The maximum absolute atomic E-state index is 12.4. The van der Waals surface area contributed by atoms with E-state index in [1.54, 1.807) is 0 Å². The summed E-state index contributed by atoms with van der Waals surface area (Å²) in [4.78, 5) is 12.4. The van der Waals surface area contributed by atoms with Crippen molar-refractivity contribution in [1.29, 1.82) is 0 Å². The van der Waals surface area contributed by atoms with Gasteiger partial charge in [-0.1, -0.05) is 60.7 Å². The second kappa shape index (κ2) is 8.40. The Morgan fingerprint density at radius 3 is 2.21 bits per heavy atom. The van der Waals surface area contributed by atoms with E-state index in [2.05, 4.69) is 29.6 Å². The van der Waals surface area contributed by atoms with E-state index < -0.39 is 0 Å². The monoisotopic (exact) mass is 367 g/mol. The number of carbonyl (C=O) groups is 1. The molecule has 1 N–H and O–H groups in total. The Kier molecular flexibility index (Phi) is 5.34. The summed E-state index contributed by atoms with van der Waals surface area (Å²) < 4.78 is 5.77. The molecule has 3 heteroatoms. The molecule has 0 unspecified atom stereocenters. The second-order valence-corrected chi connectivity index (χ2v) is 6.63. The van der Waals surface area contributed by atoms with Gasteiger partial charge in [0.25, 0.3) is 0 Å². The first-order chi connectivity index (χ1) is 13.8. The molecule has 0 spiro atoms. The number of hydrogen-bond donors (Lipinski definition) is 1. The van der Waals surface area contributed by atoms with Crippen LogP contribution in [0.2, 0.25) is 0 Å². The van der Waals surface area contributed by atoms with Crippen LogP contribution < -0.4 is 10.1 Å². The van der Waals surface area contributed by atoms with Crippen molar-refractivity contribution in [1.82, 2.24) is 0 Å². The number of fused-ring (bicyclic) bond motifs is 1. The van der Waals surface area contributed by atoms with Gasteiger partial charge >= 0.3 is 0 Å². The number of aryl methyl sites for hydroxylation is 1. The topological polar surface area (TPSA) is 38.3 Å². The van der Waals surface area contributed by atoms with Crippen LogP contribution in [0, 0.1) is 0 Å². The molecule has 1 amide bonds. The van der Waals surface area contributed by atoms with Crippen LogP contribution in [0.15, 0.2) is 97.1 Å². The number of rotatable bonds is 6. The zero-order valence-electron chi connectivity index (χ0n) is 15.5. The Morgan fingerprint density at radius 2 is 1.39 bits per heavy atom. The third-order valence-electron chi connectivity index (χ3n) is 4.62. The molecule has 4 rings (SSSR count). The largest absolute Gasteiger partial charge is 0.457 e. The molecule has 0 radical (unpaired) electrons. The van der Waals surface area contributed by atoms with Crippen molar-refractivity contribution in [3.63, 3.8) is 0 Å². The number of anilines is 1. The molecule has 0 fully saturated rings. The first-order valence-corrected chi connectivity index (χ1v) is 9.37. The summed E-state index contributed by atoms with van der Waals surface area (Å²) in [6.45, 7) is 0. The molecule has 4 aromatic rings. The molecular weight excluding hydrogens is 346 g/mol. The van der Waals surface area contributed by atoms with Crippen molar-refractivity contribution >= 4 is 22.4 Å². The van der Waals surface area contributed by atoms with Gasteiger partial charge in [0.15, 0.2) is 0 Å². The Hall–Kier alpha value is -3.59. The third kappa shape index (κ3) is 4.38. The van der Waals surface area contributed by atoms with Gasteiger partial charge in [-0.05, 0) is 59.2 Å². The van der Waals surface area contributed by atoms with Crippen molar-refractivity contribution < 1.29 is 9.53 Å². The smallest absolute Gasteiger partial charge is 0.224 e. The fourth-order valence-electron chi connectivity index (χ4n) is 3.21. The average molecular weight is 367 g/mol. The van der Waals surface area contributed by atoms with Crippen LogP contribution in [0.25, 0.3) is 10.8 Å². The normalized spacial score (nSPS) is 10.6. The lowest BCUT2D eigenvalue weighted by Crippen LogP contribution is -2.12. The molecule has 0 aliphatic heterocycles. The van der Waals surface area contributed by atoms with Crippen LogP contribution in [0.5, 0.6) is 11.5 Å². The van der Waals surface area contributed by atoms with Crippen molar-refractivity contribution in [2.75, 3.05) is 5.32 Å². The van der Waals surface area contributed by atoms with Gasteiger partial charge in [-0.3, -0.25) is 4.79 Å². The highest BCUT2D eigenvalue weighted by Gasteiger charge is 2.06. The molecule has 3 nitrogen and oxygen atoms in total. The molecule has 4 aromatic carbocycles. The summed E-state index contributed by atoms with van der Waals surface area (Å²) in [6, 6.07) is 31.5. The maximum Gasteiger partial charge on any atom is 0.224 e. The van der Waals surface area contributed by atoms with Crippen LogP contribution in [0.3, 0.4) is 0 Å². The van der Waals surface area contributed by atoms with Crippen molar-refractivity contribution in [2.45, 2.75) is 12.8 Å². The van der Waals surface area contributed by atoms with Crippen LogP contribution in [0.1, 0.15) is 12.0 Å². The lowest BCUT2D eigenvalue weighted by Gasteiger charge is -2.09. The van der Waals surface area contributed by atoms with Crippen LogP contribution in [-0.2, 0) is 11.2 Å². The first-order valence-electron chi connectivity index (χ1n) is 9.37. The summed E-state index contributed by atoms with van der Waals surface area (Å²) in [7, 11) is 0. The molecule has 0 aliphatic rings. The van der Waals surface area contributed by atoms with Gasteiger partial charge in [0, 0.05) is 12.1 Å². The van der Waals surface area contributed by atoms with E-state index >= 15 is 0 Å². The molecule has 28 heavy (non-hydrogen) atoms. The number of nitrogens with one attached hydrogen (secondary N) is 1. The van der Waals surface area contributed by atoms with Crippen molar-refractivity contribution in [3.05, 3.63) is 103 Å². The molecule has 0 bridgehead atoms. The van der Waals surface area contributed by atoms with Crippen molar-refractivity contribution in [3.8, 4) is 11.5 Å². The average Bonchev–Trinajstić information content (AvgIpc) is 2.74. The van der Waals surface area contributed by atoms with Crippen LogP contribution in [-0.4, -0.2) is 5.91 Å². The number of benzene rings is 4. The fourth-order valence-corrected chi connectivity index (χ4v) is 3.21. The van der Waals surface area contributed by atoms with Gasteiger partial charge in [-0.2, -0.15) is 0 Å². The lowest BCUT2D eigenvalue weighted by atomic mass is 10.0. The Labute approximate surface area is 164 Å². The molecule has 0 saturated heterocycles. The Bertz CT molecular complexity index is 1070. The Morgan fingerprint density at radius 1 is 0.714 bits per heavy atom. The lowest BCUT2D eigenvalue weighted by molar-refractivity contribution is -0.116. The second-order valence-electron chi connectivity index (χ2n) is 6.63. The molecule has 0 aliphatic carbocycles. The predicted octanol–water partition coefficient (Wildman–Crippen LogP) is 6.20. The minimum absolute atomic E-state index is 0.00432. The fraction of sp³-hybridized carbons (Fsp3) is 0.0800. The summed E-state index contributed by atoms with van der Waals surface area (Å²) in [5.41, 5.74) is 1.96. The summed E-state index contributed by atoms with van der Waals surface area (Å²) in [5, 5.41) is 5.37. The van der Waals surface area contributed by atoms with E-state index in [-0.39, 0.29) is 5.91 Å². The molecule has 0 saturated carbocycles. The predicted molar refractivity (Wildman–Crippen MR) is 114 cm³/mol. The minimum atomic E-state index is 0.00432. The number of amides is 1. The molecule has 0 heterocycles. The van der Waals surface area contributed by atoms with E-state index in [0.29, 0.717) is 12.8 Å². The van der Waals surface area contributed by atoms with E-state index in [1.165, 1.54) is 16.3 Å². The number of ether oxygens (including phenoxy) is 1. The van der Waals surface area contributed by atoms with Crippen LogP contribution in [0.4, 0.5) is 5.69 Å². The quantitative estimate of drug-likeness (QED) is 0.440. The number of para-hydroxylation sites is 1. The van der Waals surface area contributed by atoms with Gasteiger partial charge in [-0.25, -0.2) is 0 Å². The highest BCUT2D eigenvalue weighted by molar-refractivity contribution is 5.92. The summed E-state index contributed by atoms with van der Waals surface area (Å²) >= 11 is 0. The molecular formula is C25H21NO2. The standard InChI is InChI=1S/C25H21NO2/c27-25(18-13-20-9-6-8-19-7-4-5-12-24(19)20)26-21-14-16-23(17-15-21)28-22-10-2-1-3-11-22/h1-12,14-17H,13,18H2,(H,26,27). The molecule has 138 valence electrons. The van der Waals surface area contributed by atoms with E-state index in [0.717, 1.165) is 17.2 Å². The van der Waals surface area contributed by atoms with Crippen LogP contribution >= 0.6 is 0 Å². The van der Waals surface area contributed by atoms with Gasteiger partial charge < -0.3 is 10.1 Å². The molecule has 0 atom stereocenters. The van der Waals surface area contributed by atoms with Gasteiger partial charge in [0.05, 0.1) is 0 Å². The third-order valence-corrected chi connectivity index (χ3v) is 4.62. The van der Waals surface area contributed by atoms with E-state index in [1.807, 2.05) is 72.8 Å². The summed E-state index contributed by atoms with van der Waals surface area (Å²) in [6.07, 6.45) is 1.15. The number of carbonyl (C=O) groups excluding carboxylic acids is 1. The van der Waals surface area contributed by atoms with Gasteiger partial charge in [0.2, 0.25) is 5.91 Å². The molecule has 0 aromatic heterocycles. The minimum Gasteiger partial charge on any atom is -0.457 e. The summed E-state index contributed by atoms with van der Waals surface area (Å²) in [5.74, 6) is 1.53. The van der Waals surface area contributed by atoms with E-state index in [9.17, 15) is 4.79 Å². The Balaban J connectivity index is 1.34.